The van der Waals surface area contributed by atoms with Crippen LogP contribution in [0.2, 0.25) is 0 Å². The van der Waals surface area contributed by atoms with Gasteiger partial charge in [-0.2, -0.15) is 0 Å². The Hall–Kier alpha value is -2.57. The Morgan fingerprint density at radius 3 is 3.04 bits per heavy atom. The van der Waals surface area contributed by atoms with Crippen molar-refractivity contribution in [3.63, 3.8) is 0 Å². The number of methoxy groups -OCH3 is 1. The van der Waals surface area contributed by atoms with Gasteiger partial charge in [-0.3, -0.25) is 4.90 Å². The molecular formula is C20H19N3O2S. The first-order valence-electron chi connectivity index (χ1n) is 8.51. The number of ether oxygens (including phenoxy) is 1. The zero-order valence-corrected chi connectivity index (χ0v) is 15.3. The number of carbonyl (C=O) groups excluding carboxylic acids is 1. The number of esters is 1. The van der Waals surface area contributed by atoms with E-state index in [1.54, 1.807) is 17.4 Å². The normalized spacial score (nSPS) is 14.0. The van der Waals surface area contributed by atoms with Crippen molar-refractivity contribution in [2.75, 3.05) is 13.7 Å². The topological polar surface area (TPSA) is 55.3 Å². The first-order chi connectivity index (χ1) is 12.7. The fraction of sp³-hybridized carbons (Fsp3) is 0.250. The second-order valence-electron chi connectivity index (χ2n) is 6.30. The third-order valence-corrected chi connectivity index (χ3v) is 5.39. The minimum Gasteiger partial charge on any atom is -0.465 e. The van der Waals surface area contributed by atoms with E-state index in [2.05, 4.69) is 9.88 Å². The molecule has 0 atom stereocenters. The third-order valence-electron chi connectivity index (χ3n) is 4.52. The summed E-state index contributed by atoms with van der Waals surface area (Å²) in [7, 11) is 1.40. The van der Waals surface area contributed by atoms with Crippen molar-refractivity contribution < 1.29 is 9.53 Å². The molecule has 6 heteroatoms. The van der Waals surface area contributed by atoms with Gasteiger partial charge in [0.05, 0.1) is 23.2 Å². The molecule has 0 saturated carbocycles. The van der Waals surface area contributed by atoms with Crippen LogP contribution in [0.3, 0.4) is 0 Å². The summed E-state index contributed by atoms with van der Waals surface area (Å²) in [6.07, 6.45) is 2.91. The monoisotopic (exact) mass is 365 g/mol. The van der Waals surface area contributed by atoms with Gasteiger partial charge in [-0.1, -0.05) is 18.2 Å². The summed E-state index contributed by atoms with van der Waals surface area (Å²) >= 11 is 1.65. The van der Waals surface area contributed by atoms with Crippen LogP contribution in [0.1, 0.15) is 27.2 Å². The molecule has 1 aromatic carbocycles. The second kappa shape index (κ2) is 7.35. The quantitative estimate of drug-likeness (QED) is 0.662. The molecule has 3 aromatic rings. The molecule has 5 nitrogen and oxygen atoms in total. The molecule has 2 aromatic heterocycles. The average molecular weight is 365 g/mol. The highest BCUT2D eigenvalue weighted by Crippen LogP contribution is 2.24. The van der Waals surface area contributed by atoms with Crippen LogP contribution < -0.4 is 0 Å². The number of rotatable bonds is 4. The summed E-state index contributed by atoms with van der Waals surface area (Å²) in [5, 5.41) is 2.04. The van der Waals surface area contributed by atoms with Crippen LogP contribution in [-0.4, -0.2) is 34.5 Å². The maximum atomic E-state index is 11.7. The lowest BCUT2D eigenvalue weighted by molar-refractivity contribution is 0.0600. The van der Waals surface area contributed by atoms with E-state index >= 15 is 0 Å². The van der Waals surface area contributed by atoms with Gasteiger partial charge in [0.2, 0.25) is 0 Å². The van der Waals surface area contributed by atoms with Crippen LogP contribution in [0.4, 0.5) is 0 Å². The van der Waals surface area contributed by atoms with Crippen LogP contribution in [-0.2, 0) is 24.2 Å². The predicted octanol–water partition coefficient (Wildman–Crippen LogP) is 3.55. The molecule has 1 aliphatic rings. The first-order valence-corrected chi connectivity index (χ1v) is 9.39. The third kappa shape index (κ3) is 3.52. The largest absolute Gasteiger partial charge is 0.465 e. The van der Waals surface area contributed by atoms with E-state index in [4.69, 9.17) is 9.72 Å². The molecule has 0 radical (unpaired) electrons. The fourth-order valence-corrected chi connectivity index (χ4v) is 3.85. The Labute approximate surface area is 156 Å². The van der Waals surface area contributed by atoms with E-state index in [0.29, 0.717) is 5.56 Å². The van der Waals surface area contributed by atoms with Gasteiger partial charge in [-0.25, -0.2) is 14.8 Å². The zero-order chi connectivity index (χ0) is 17.9. The summed E-state index contributed by atoms with van der Waals surface area (Å²) in [5.41, 5.74) is 4.01. The van der Waals surface area contributed by atoms with Gasteiger partial charge in [0.25, 0.3) is 0 Å². The number of carbonyl (C=O) groups is 1. The van der Waals surface area contributed by atoms with Crippen molar-refractivity contribution in [1.82, 2.24) is 14.9 Å². The van der Waals surface area contributed by atoms with Gasteiger partial charge in [0.1, 0.15) is 0 Å². The lowest BCUT2D eigenvalue weighted by atomic mass is 10.0. The van der Waals surface area contributed by atoms with Gasteiger partial charge >= 0.3 is 5.97 Å². The van der Waals surface area contributed by atoms with Gasteiger partial charge < -0.3 is 4.74 Å². The molecule has 0 fully saturated rings. The lowest BCUT2D eigenvalue weighted by Crippen LogP contribution is -2.31. The Balaban J connectivity index is 1.51. The molecule has 0 spiro atoms. The number of benzene rings is 1. The van der Waals surface area contributed by atoms with Crippen LogP contribution in [0, 0.1) is 0 Å². The fourth-order valence-electron chi connectivity index (χ4n) is 3.19. The smallest absolute Gasteiger partial charge is 0.337 e. The van der Waals surface area contributed by atoms with Crippen molar-refractivity contribution >= 4 is 17.3 Å². The molecule has 132 valence electrons. The molecule has 0 unspecified atom stereocenters. The minimum atomic E-state index is -0.302. The highest BCUT2D eigenvalue weighted by Gasteiger charge is 2.19. The number of nitrogens with zero attached hydrogens (tertiary/aromatic N) is 3. The maximum Gasteiger partial charge on any atom is 0.337 e. The zero-order valence-electron chi connectivity index (χ0n) is 14.5. The van der Waals surface area contributed by atoms with Gasteiger partial charge in [-0.05, 0) is 41.1 Å². The molecule has 0 aliphatic carbocycles. The molecule has 26 heavy (non-hydrogen) atoms. The average Bonchev–Trinajstić information content (AvgIpc) is 3.22. The van der Waals surface area contributed by atoms with Crippen molar-refractivity contribution in [3.8, 4) is 10.7 Å². The van der Waals surface area contributed by atoms with Gasteiger partial charge in [-0.15, -0.1) is 11.3 Å². The summed E-state index contributed by atoms with van der Waals surface area (Å²) < 4.78 is 4.81. The van der Waals surface area contributed by atoms with Gasteiger partial charge in [0, 0.05) is 25.8 Å². The lowest BCUT2D eigenvalue weighted by Gasteiger charge is -2.28. The Bertz CT molecular complexity index is 925. The number of aromatic nitrogens is 2. The number of hydrogen-bond acceptors (Lipinski definition) is 6. The molecule has 0 N–H and O–H groups in total. The molecule has 1 aliphatic heterocycles. The van der Waals surface area contributed by atoms with E-state index in [1.807, 2.05) is 41.9 Å². The highest BCUT2D eigenvalue weighted by atomic mass is 32.1. The molecule has 0 bridgehead atoms. The standard InChI is InChI=1S/C20H19N3O2S/c1-25-20(24)15-5-2-4-14(10-15)12-23-8-7-16-11-21-19(22-17(16)13-23)18-6-3-9-26-18/h2-6,9-11H,7-8,12-13H2,1H3. The molecular weight excluding hydrogens is 346 g/mol. The molecule has 4 rings (SSSR count). The van der Waals surface area contributed by atoms with E-state index in [-0.39, 0.29) is 5.97 Å². The first kappa shape index (κ1) is 16.9. The van der Waals surface area contributed by atoms with Crippen LogP contribution >= 0.6 is 11.3 Å². The number of fused-ring (bicyclic) bond motifs is 1. The van der Waals surface area contributed by atoms with Gasteiger partial charge in [0.15, 0.2) is 5.82 Å². The van der Waals surface area contributed by atoms with Crippen LogP contribution in [0.5, 0.6) is 0 Å². The van der Waals surface area contributed by atoms with E-state index in [9.17, 15) is 4.79 Å². The molecule has 0 saturated heterocycles. The second-order valence-corrected chi connectivity index (χ2v) is 7.24. The van der Waals surface area contributed by atoms with E-state index < -0.39 is 0 Å². The van der Waals surface area contributed by atoms with Crippen molar-refractivity contribution in [2.45, 2.75) is 19.5 Å². The number of hydrogen-bond donors (Lipinski definition) is 0. The van der Waals surface area contributed by atoms with Crippen molar-refractivity contribution in [3.05, 3.63) is 70.4 Å². The minimum absolute atomic E-state index is 0.302. The van der Waals surface area contributed by atoms with Crippen LogP contribution in [0.25, 0.3) is 10.7 Å². The number of thiophene rings is 1. The van der Waals surface area contributed by atoms with Crippen molar-refractivity contribution in [2.24, 2.45) is 0 Å². The van der Waals surface area contributed by atoms with E-state index in [1.165, 1.54) is 12.7 Å². The highest BCUT2D eigenvalue weighted by molar-refractivity contribution is 7.13. The predicted molar refractivity (Wildman–Crippen MR) is 101 cm³/mol. The Kier molecular flexibility index (Phi) is 4.77. The summed E-state index contributed by atoms with van der Waals surface area (Å²) in [6, 6.07) is 11.7. The Morgan fingerprint density at radius 2 is 2.23 bits per heavy atom. The summed E-state index contributed by atoms with van der Waals surface area (Å²) in [6.45, 7) is 2.53. The molecule has 3 heterocycles. The van der Waals surface area contributed by atoms with E-state index in [0.717, 1.165) is 48.0 Å². The van der Waals surface area contributed by atoms with Crippen molar-refractivity contribution in [1.29, 1.82) is 0 Å². The summed E-state index contributed by atoms with van der Waals surface area (Å²) in [5.74, 6) is 0.498. The molecule has 0 amide bonds. The summed E-state index contributed by atoms with van der Waals surface area (Å²) in [4.78, 5) is 24.5. The maximum absolute atomic E-state index is 11.7. The van der Waals surface area contributed by atoms with Crippen LogP contribution in [0.15, 0.2) is 48.0 Å². The SMILES string of the molecule is COC(=O)c1cccc(CN2CCc3cnc(-c4cccs4)nc3C2)c1. The Morgan fingerprint density at radius 1 is 1.31 bits per heavy atom.